The van der Waals surface area contributed by atoms with Gasteiger partial charge in [0.15, 0.2) is 5.13 Å². The van der Waals surface area contributed by atoms with Crippen molar-refractivity contribution in [3.63, 3.8) is 0 Å². The Morgan fingerprint density at radius 1 is 1.85 bits per heavy atom. The number of carboxylic acids is 1. The molecule has 0 saturated carbocycles. The molecule has 0 aromatic carbocycles. The lowest BCUT2D eigenvalue weighted by atomic mass is 10.00. The molecule has 1 aromatic heterocycles. The fraction of sp³-hybridized carbons (Fsp3) is 0.500. The van der Waals surface area contributed by atoms with E-state index >= 15 is 0 Å². The average Bonchev–Trinajstić information content (AvgIpc) is 2.56. The van der Waals surface area contributed by atoms with Gasteiger partial charge < -0.3 is 10.4 Å². The summed E-state index contributed by atoms with van der Waals surface area (Å²) < 4.78 is 0. The number of aliphatic carboxylic acids is 1. The van der Waals surface area contributed by atoms with Crippen LogP contribution in [0.25, 0.3) is 0 Å². The molecule has 1 aromatic rings. The molecule has 0 aliphatic carbocycles. The molecule has 0 saturated heterocycles. The average molecular weight is 200 g/mol. The number of rotatable bonds is 4. The predicted octanol–water partition coefficient (Wildman–Crippen LogP) is 1.81. The maximum Gasteiger partial charge on any atom is 0.329 e. The van der Waals surface area contributed by atoms with Gasteiger partial charge in [-0.15, -0.1) is 11.3 Å². The smallest absolute Gasteiger partial charge is 0.329 e. The van der Waals surface area contributed by atoms with Crippen molar-refractivity contribution in [3.05, 3.63) is 11.6 Å². The summed E-state index contributed by atoms with van der Waals surface area (Å²) in [6.45, 7) is 3.48. The Labute approximate surface area is 80.6 Å². The van der Waals surface area contributed by atoms with Gasteiger partial charge in [0.1, 0.15) is 5.54 Å². The van der Waals surface area contributed by atoms with Crippen LogP contribution in [0.15, 0.2) is 11.6 Å². The number of hydrogen-bond donors (Lipinski definition) is 2. The van der Waals surface area contributed by atoms with Crippen LogP contribution in [-0.4, -0.2) is 21.6 Å². The second-order valence-electron chi connectivity index (χ2n) is 2.95. The van der Waals surface area contributed by atoms with E-state index in [4.69, 9.17) is 5.11 Å². The van der Waals surface area contributed by atoms with E-state index in [1.165, 1.54) is 11.3 Å². The van der Waals surface area contributed by atoms with Crippen LogP contribution in [0.4, 0.5) is 5.13 Å². The first-order valence-electron chi connectivity index (χ1n) is 3.99. The molecule has 2 N–H and O–H groups in total. The topological polar surface area (TPSA) is 62.2 Å². The van der Waals surface area contributed by atoms with Crippen molar-refractivity contribution in [3.8, 4) is 0 Å². The summed E-state index contributed by atoms with van der Waals surface area (Å²) in [4.78, 5) is 14.9. The molecule has 1 rings (SSSR count). The van der Waals surface area contributed by atoms with Gasteiger partial charge in [-0.1, -0.05) is 6.92 Å². The zero-order valence-corrected chi connectivity index (χ0v) is 8.39. The minimum Gasteiger partial charge on any atom is -0.480 e. The fourth-order valence-electron chi connectivity index (χ4n) is 0.814. The monoisotopic (exact) mass is 200 g/mol. The Bertz CT molecular complexity index is 286. The molecular formula is C8H12N2O2S. The highest BCUT2D eigenvalue weighted by atomic mass is 32.1. The van der Waals surface area contributed by atoms with Crippen LogP contribution >= 0.6 is 11.3 Å². The first-order chi connectivity index (χ1) is 6.08. The van der Waals surface area contributed by atoms with Crippen LogP contribution in [0.2, 0.25) is 0 Å². The number of carbonyl (C=O) groups is 1. The lowest BCUT2D eigenvalue weighted by molar-refractivity contribution is -0.141. The van der Waals surface area contributed by atoms with E-state index in [1.807, 2.05) is 6.92 Å². The minimum atomic E-state index is -0.919. The third-order valence-corrected chi connectivity index (χ3v) is 2.68. The first kappa shape index (κ1) is 9.98. The molecule has 0 amide bonds. The van der Waals surface area contributed by atoms with Crippen molar-refractivity contribution in [1.29, 1.82) is 0 Å². The first-order valence-corrected chi connectivity index (χ1v) is 4.87. The zero-order valence-electron chi connectivity index (χ0n) is 7.57. The van der Waals surface area contributed by atoms with Crippen molar-refractivity contribution in [2.75, 3.05) is 5.32 Å². The third kappa shape index (κ3) is 2.18. The summed E-state index contributed by atoms with van der Waals surface area (Å²) in [6.07, 6.45) is 2.16. The molecule has 1 heterocycles. The highest BCUT2D eigenvalue weighted by Gasteiger charge is 2.31. The molecule has 1 unspecified atom stereocenters. The number of carboxylic acid groups (broad SMARTS) is 1. The fourth-order valence-corrected chi connectivity index (χ4v) is 1.47. The van der Waals surface area contributed by atoms with E-state index in [0.717, 1.165) is 0 Å². The second kappa shape index (κ2) is 3.74. The Morgan fingerprint density at radius 3 is 2.92 bits per heavy atom. The van der Waals surface area contributed by atoms with E-state index in [1.54, 1.807) is 18.5 Å². The predicted molar refractivity (Wildman–Crippen MR) is 52.1 cm³/mol. The highest BCUT2D eigenvalue weighted by Crippen LogP contribution is 2.20. The number of thiazole rings is 1. The Morgan fingerprint density at radius 2 is 2.54 bits per heavy atom. The summed E-state index contributed by atoms with van der Waals surface area (Å²) in [5.74, 6) is -0.856. The number of aromatic nitrogens is 1. The SMILES string of the molecule is CCC(C)(Nc1nccs1)C(=O)O. The van der Waals surface area contributed by atoms with Gasteiger partial charge in [0.05, 0.1) is 0 Å². The molecule has 13 heavy (non-hydrogen) atoms. The summed E-state index contributed by atoms with van der Waals surface area (Å²) in [5, 5.41) is 14.3. The quantitative estimate of drug-likeness (QED) is 0.778. The number of hydrogen-bond acceptors (Lipinski definition) is 4. The third-order valence-electron chi connectivity index (χ3n) is 1.99. The summed E-state index contributed by atoms with van der Waals surface area (Å²) in [7, 11) is 0. The molecule has 72 valence electrons. The van der Waals surface area contributed by atoms with E-state index in [0.29, 0.717) is 11.6 Å². The summed E-state index contributed by atoms with van der Waals surface area (Å²) in [6, 6.07) is 0. The number of nitrogens with zero attached hydrogens (tertiary/aromatic N) is 1. The van der Waals surface area contributed by atoms with Crippen LogP contribution in [0.1, 0.15) is 20.3 Å². The molecule has 0 aliphatic rings. The summed E-state index contributed by atoms with van der Waals surface area (Å²) in [5.41, 5.74) is -0.919. The Kier molecular flexibility index (Phi) is 2.87. The van der Waals surface area contributed by atoms with Gasteiger partial charge in [0.2, 0.25) is 0 Å². The molecule has 0 aliphatic heterocycles. The number of nitrogens with one attached hydrogen (secondary N) is 1. The normalized spacial score (nSPS) is 14.9. The lowest BCUT2D eigenvalue weighted by Crippen LogP contribution is -2.42. The Balaban J connectivity index is 2.75. The van der Waals surface area contributed by atoms with Crippen LogP contribution in [0.3, 0.4) is 0 Å². The summed E-state index contributed by atoms with van der Waals surface area (Å²) >= 11 is 1.40. The van der Waals surface area contributed by atoms with Crippen molar-refractivity contribution in [2.45, 2.75) is 25.8 Å². The number of anilines is 1. The molecular weight excluding hydrogens is 188 g/mol. The largest absolute Gasteiger partial charge is 0.480 e. The van der Waals surface area contributed by atoms with Gasteiger partial charge in [0.25, 0.3) is 0 Å². The van der Waals surface area contributed by atoms with Crippen molar-refractivity contribution in [2.24, 2.45) is 0 Å². The van der Waals surface area contributed by atoms with Gasteiger partial charge in [-0.3, -0.25) is 0 Å². The van der Waals surface area contributed by atoms with Gasteiger partial charge in [-0.25, -0.2) is 9.78 Å². The van der Waals surface area contributed by atoms with E-state index in [2.05, 4.69) is 10.3 Å². The van der Waals surface area contributed by atoms with Gasteiger partial charge in [-0.05, 0) is 13.3 Å². The van der Waals surface area contributed by atoms with Crippen LogP contribution in [0.5, 0.6) is 0 Å². The Hall–Kier alpha value is -1.10. The van der Waals surface area contributed by atoms with Crippen molar-refractivity contribution >= 4 is 22.4 Å². The van der Waals surface area contributed by atoms with Gasteiger partial charge in [-0.2, -0.15) is 0 Å². The molecule has 0 bridgehead atoms. The molecule has 5 heteroatoms. The van der Waals surface area contributed by atoms with Gasteiger partial charge >= 0.3 is 5.97 Å². The van der Waals surface area contributed by atoms with E-state index in [9.17, 15) is 4.79 Å². The lowest BCUT2D eigenvalue weighted by Gasteiger charge is -2.23. The molecule has 0 spiro atoms. The van der Waals surface area contributed by atoms with Crippen molar-refractivity contribution in [1.82, 2.24) is 4.98 Å². The minimum absolute atomic E-state index is 0.516. The maximum absolute atomic E-state index is 10.9. The zero-order chi connectivity index (χ0) is 9.90. The molecule has 1 atom stereocenters. The van der Waals surface area contributed by atoms with Crippen molar-refractivity contribution < 1.29 is 9.90 Å². The standard InChI is InChI=1S/C8H12N2O2S/c1-3-8(2,6(11)12)10-7-9-4-5-13-7/h4-5H,3H2,1-2H3,(H,9,10)(H,11,12). The highest BCUT2D eigenvalue weighted by molar-refractivity contribution is 7.13. The molecule has 0 radical (unpaired) electrons. The van der Waals surface area contributed by atoms with Crippen LogP contribution in [-0.2, 0) is 4.79 Å². The molecule has 4 nitrogen and oxygen atoms in total. The van der Waals surface area contributed by atoms with Crippen LogP contribution < -0.4 is 5.32 Å². The van der Waals surface area contributed by atoms with Crippen LogP contribution in [0, 0.1) is 0 Å². The maximum atomic E-state index is 10.9. The molecule has 0 fully saturated rings. The second-order valence-corrected chi connectivity index (χ2v) is 3.85. The van der Waals surface area contributed by atoms with Gasteiger partial charge in [0, 0.05) is 11.6 Å². The van der Waals surface area contributed by atoms with E-state index < -0.39 is 11.5 Å². The van der Waals surface area contributed by atoms with E-state index in [-0.39, 0.29) is 0 Å².